The third kappa shape index (κ3) is 3.02. The van der Waals surface area contributed by atoms with E-state index in [4.69, 9.17) is 0 Å². The lowest BCUT2D eigenvalue weighted by molar-refractivity contribution is 0.0641. The van der Waals surface area contributed by atoms with E-state index in [1.165, 1.54) is 6.42 Å². The highest BCUT2D eigenvalue weighted by Gasteiger charge is 2.26. The van der Waals surface area contributed by atoms with Crippen molar-refractivity contribution in [3.8, 4) is 5.69 Å². The summed E-state index contributed by atoms with van der Waals surface area (Å²) in [6.07, 6.45) is 3.42. The number of likely N-dealkylation sites (tertiary alicyclic amines) is 1. The highest BCUT2D eigenvalue weighted by atomic mass is 79.9. The molecule has 2 aromatic heterocycles. The van der Waals surface area contributed by atoms with Gasteiger partial charge >= 0.3 is 0 Å². The van der Waals surface area contributed by atoms with Gasteiger partial charge in [-0.05, 0) is 63.4 Å². The molecule has 0 spiro atoms. The predicted molar refractivity (Wildman–Crippen MR) is 106 cm³/mol. The van der Waals surface area contributed by atoms with E-state index in [0.29, 0.717) is 6.04 Å². The van der Waals surface area contributed by atoms with E-state index in [9.17, 15) is 4.79 Å². The molecule has 3 aromatic rings. The van der Waals surface area contributed by atoms with Gasteiger partial charge in [-0.2, -0.15) is 5.10 Å². The molecule has 0 radical (unpaired) electrons. The van der Waals surface area contributed by atoms with Crippen molar-refractivity contribution in [2.75, 3.05) is 6.54 Å². The van der Waals surface area contributed by atoms with Gasteiger partial charge in [0.1, 0.15) is 4.83 Å². The first-order valence-electron chi connectivity index (χ1n) is 8.60. The monoisotopic (exact) mass is 417 g/mol. The van der Waals surface area contributed by atoms with E-state index < -0.39 is 0 Å². The molecule has 1 amide bonds. The Hall–Kier alpha value is -1.66. The molecule has 1 saturated heterocycles. The van der Waals surface area contributed by atoms with Crippen molar-refractivity contribution in [3.05, 3.63) is 45.4 Å². The first kappa shape index (κ1) is 16.8. The molecule has 0 aliphatic carbocycles. The second-order valence-electron chi connectivity index (χ2n) is 6.65. The summed E-state index contributed by atoms with van der Waals surface area (Å²) in [6.45, 7) is 5.02. The molecule has 0 N–H and O–H groups in total. The second-order valence-corrected chi connectivity index (χ2v) is 8.59. The van der Waals surface area contributed by atoms with Crippen LogP contribution in [0, 0.1) is 6.92 Å². The Kier molecular flexibility index (Phi) is 4.41. The van der Waals surface area contributed by atoms with Crippen LogP contribution in [0.25, 0.3) is 15.9 Å². The maximum atomic E-state index is 13.0. The molecule has 3 heterocycles. The SMILES string of the molecule is Cc1nn(-c2ccc(Br)cc2)c2sc(C(=O)N3CCCC[C@@H]3C)cc12. The van der Waals surface area contributed by atoms with Gasteiger partial charge in [0.25, 0.3) is 5.91 Å². The van der Waals surface area contributed by atoms with Crippen LogP contribution in [0.1, 0.15) is 41.6 Å². The Labute approximate surface area is 159 Å². The van der Waals surface area contributed by atoms with E-state index in [1.54, 1.807) is 11.3 Å². The number of carbonyl (C=O) groups is 1. The highest BCUT2D eigenvalue weighted by molar-refractivity contribution is 9.10. The minimum absolute atomic E-state index is 0.162. The maximum absolute atomic E-state index is 13.0. The maximum Gasteiger partial charge on any atom is 0.264 e. The van der Waals surface area contributed by atoms with Crippen molar-refractivity contribution in [1.82, 2.24) is 14.7 Å². The largest absolute Gasteiger partial charge is 0.335 e. The van der Waals surface area contributed by atoms with Crippen molar-refractivity contribution in [1.29, 1.82) is 0 Å². The molecule has 0 unspecified atom stereocenters. The Morgan fingerprint density at radius 2 is 2.04 bits per heavy atom. The van der Waals surface area contributed by atoms with Gasteiger partial charge in [-0.3, -0.25) is 4.79 Å². The summed E-state index contributed by atoms with van der Waals surface area (Å²) in [7, 11) is 0. The number of amides is 1. The van der Waals surface area contributed by atoms with Crippen LogP contribution >= 0.6 is 27.3 Å². The summed E-state index contributed by atoms with van der Waals surface area (Å²) in [5, 5.41) is 5.73. The van der Waals surface area contributed by atoms with Gasteiger partial charge in [0.05, 0.1) is 16.3 Å². The van der Waals surface area contributed by atoms with E-state index in [-0.39, 0.29) is 5.91 Å². The predicted octanol–water partition coefficient (Wildman–Crippen LogP) is 5.17. The molecule has 0 saturated carbocycles. The lowest BCUT2D eigenvalue weighted by Gasteiger charge is -2.33. The fraction of sp³-hybridized carbons (Fsp3) is 0.368. The van der Waals surface area contributed by atoms with Crippen LogP contribution in [0.15, 0.2) is 34.8 Å². The number of thiophene rings is 1. The number of fused-ring (bicyclic) bond motifs is 1. The Morgan fingerprint density at radius 1 is 1.28 bits per heavy atom. The summed E-state index contributed by atoms with van der Waals surface area (Å²) in [6, 6.07) is 10.4. The lowest BCUT2D eigenvalue weighted by Crippen LogP contribution is -2.41. The number of carbonyl (C=O) groups excluding carboxylic acids is 1. The number of benzene rings is 1. The first-order valence-corrected chi connectivity index (χ1v) is 10.2. The second kappa shape index (κ2) is 6.57. The highest BCUT2D eigenvalue weighted by Crippen LogP contribution is 2.32. The molecule has 1 atom stereocenters. The summed E-state index contributed by atoms with van der Waals surface area (Å²) in [5.74, 6) is 0.162. The molecular weight excluding hydrogens is 398 g/mol. The van der Waals surface area contributed by atoms with Gasteiger partial charge in [0.2, 0.25) is 0 Å². The van der Waals surface area contributed by atoms with E-state index in [2.05, 4.69) is 28.0 Å². The van der Waals surface area contributed by atoms with Crippen molar-refractivity contribution >= 4 is 43.4 Å². The fourth-order valence-electron chi connectivity index (χ4n) is 3.45. The standard InChI is InChI=1S/C19H20BrN3OS/c1-12-5-3-4-10-22(12)18(24)17-11-16-13(2)21-23(19(16)25-17)15-8-6-14(20)7-9-15/h6-9,11-12H,3-5,10H2,1-2H3/t12-/m0/s1. The van der Waals surface area contributed by atoms with E-state index in [1.807, 2.05) is 46.8 Å². The number of rotatable bonds is 2. The smallest absolute Gasteiger partial charge is 0.264 e. The van der Waals surface area contributed by atoms with Crippen molar-refractivity contribution in [3.63, 3.8) is 0 Å². The zero-order valence-electron chi connectivity index (χ0n) is 14.3. The number of piperidine rings is 1. The molecule has 4 nitrogen and oxygen atoms in total. The number of aryl methyl sites for hydroxylation is 1. The van der Waals surface area contributed by atoms with Crippen LogP contribution in [0.2, 0.25) is 0 Å². The van der Waals surface area contributed by atoms with Gasteiger partial charge in [-0.1, -0.05) is 15.9 Å². The van der Waals surface area contributed by atoms with Crippen LogP contribution < -0.4 is 0 Å². The van der Waals surface area contributed by atoms with Crippen LogP contribution in [-0.4, -0.2) is 33.2 Å². The number of hydrogen-bond donors (Lipinski definition) is 0. The van der Waals surface area contributed by atoms with Gasteiger partial charge < -0.3 is 4.90 Å². The molecule has 130 valence electrons. The minimum atomic E-state index is 0.162. The van der Waals surface area contributed by atoms with Crippen LogP contribution in [0.5, 0.6) is 0 Å². The molecule has 1 aliphatic heterocycles. The number of nitrogens with zero attached hydrogens (tertiary/aromatic N) is 3. The zero-order valence-corrected chi connectivity index (χ0v) is 16.7. The van der Waals surface area contributed by atoms with Crippen LogP contribution in [-0.2, 0) is 0 Å². The fourth-order valence-corrected chi connectivity index (χ4v) is 4.85. The Morgan fingerprint density at radius 3 is 2.76 bits per heavy atom. The van der Waals surface area contributed by atoms with Crippen LogP contribution in [0.4, 0.5) is 0 Å². The van der Waals surface area contributed by atoms with Crippen molar-refractivity contribution < 1.29 is 4.79 Å². The molecular formula is C19H20BrN3OS. The molecule has 6 heteroatoms. The van der Waals surface area contributed by atoms with Crippen LogP contribution in [0.3, 0.4) is 0 Å². The van der Waals surface area contributed by atoms with Crippen molar-refractivity contribution in [2.24, 2.45) is 0 Å². The molecule has 25 heavy (non-hydrogen) atoms. The summed E-state index contributed by atoms with van der Waals surface area (Å²) in [4.78, 5) is 16.9. The number of hydrogen-bond acceptors (Lipinski definition) is 3. The molecule has 0 bridgehead atoms. The number of halogens is 1. The van der Waals surface area contributed by atoms with Gasteiger partial charge in [-0.25, -0.2) is 4.68 Å². The average molecular weight is 418 g/mol. The molecule has 1 aromatic carbocycles. The quantitative estimate of drug-likeness (QED) is 0.576. The van der Waals surface area contributed by atoms with Gasteiger partial charge in [-0.15, -0.1) is 11.3 Å². The third-order valence-corrected chi connectivity index (χ3v) is 6.52. The summed E-state index contributed by atoms with van der Waals surface area (Å²) >= 11 is 5.01. The third-order valence-electron chi connectivity index (χ3n) is 4.89. The summed E-state index contributed by atoms with van der Waals surface area (Å²) < 4.78 is 2.98. The topological polar surface area (TPSA) is 38.1 Å². The molecule has 1 aliphatic rings. The van der Waals surface area contributed by atoms with Crippen molar-refractivity contribution in [2.45, 2.75) is 39.2 Å². The zero-order chi connectivity index (χ0) is 17.6. The Bertz CT molecular complexity index is 928. The number of aromatic nitrogens is 2. The molecule has 4 rings (SSSR count). The summed E-state index contributed by atoms with van der Waals surface area (Å²) in [5.41, 5.74) is 1.97. The normalized spacial score (nSPS) is 18.0. The van der Waals surface area contributed by atoms with Gasteiger partial charge in [0, 0.05) is 22.4 Å². The average Bonchev–Trinajstić information content (AvgIpc) is 3.17. The lowest BCUT2D eigenvalue weighted by atomic mass is 10.0. The van der Waals surface area contributed by atoms with E-state index >= 15 is 0 Å². The Balaban J connectivity index is 1.74. The van der Waals surface area contributed by atoms with E-state index in [0.717, 1.165) is 50.3 Å². The van der Waals surface area contributed by atoms with Gasteiger partial charge in [0.15, 0.2) is 0 Å². The minimum Gasteiger partial charge on any atom is -0.335 e. The first-order chi connectivity index (χ1) is 12.0. The molecule has 1 fully saturated rings.